The summed E-state index contributed by atoms with van der Waals surface area (Å²) >= 11 is 0. The van der Waals surface area contributed by atoms with E-state index >= 15 is 0 Å². The zero-order valence-electron chi connectivity index (χ0n) is 16.9. The van der Waals surface area contributed by atoms with Gasteiger partial charge in [0.2, 0.25) is 0 Å². The molecule has 0 heterocycles. The highest BCUT2D eigenvalue weighted by Crippen LogP contribution is 2.68. The maximum Gasteiger partial charge on any atom is 0.303 e. The summed E-state index contributed by atoms with van der Waals surface area (Å²) < 4.78 is 0. The molecule has 2 N–H and O–H groups in total. The lowest BCUT2D eigenvalue weighted by atomic mass is 9.44. The Labute approximate surface area is 158 Å². The molecule has 26 heavy (non-hydrogen) atoms. The number of carboxylic acids is 1. The molecule has 0 aromatic heterocycles. The van der Waals surface area contributed by atoms with Gasteiger partial charge in [-0.2, -0.15) is 0 Å². The summed E-state index contributed by atoms with van der Waals surface area (Å²) in [6, 6.07) is 0. The van der Waals surface area contributed by atoms with Gasteiger partial charge in [0.05, 0.1) is 6.10 Å². The van der Waals surface area contributed by atoms with Crippen molar-refractivity contribution >= 4 is 5.97 Å². The molecule has 0 radical (unpaired) electrons. The van der Waals surface area contributed by atoms with E-state index in [4.69, 9.17) is 0 Å². The first kappa shape index (κ1) is 18.8. The summed E-state index contributed by atoms with van der Waals surface area (Å²) in [4.78, 5) is 11.3. The SMILES string of the molecule is C[C@H](CC(=O)O)C1CCC2C3CCC4C[C@H](O)CC[C@]4(C)C3CC[C@@]21C. The van der Waals surface area contributed by atoms with E-state index in [2.05, 4.69) is 20.8 Å². The first-order chi connectivity index (χ1) is 12.3. The zero-order valence-corrected chi connectivity index (χ0v) is 16.9. The summed E-state index contributed by atoms with van der Waals surface area (Å²) in [5, 5.41) is 19.4. The molecule has 0 aromatic rings. The van der Waals surface area contributed by atoms with Crippen LogP contribution in [0.1, 0.15) is 85.0 Å². The Morgan fingerprint density at radius 2 is 1.69 bits per heavy atom. The molecule has 148 valence electrons. The molecule has 4 rings (SSSR count). The summed E-state index contributed by atoms with van der Waals surface area (Å²) in [6.45, 7) is 7.23. The Bertz CT molecular complexity index is 560. The molecule has 0 aliphatic heterocycles. The molecular formula is C23H38O3. The lowest BCUT2D eigenvalue weighted by Crippen LogP contribution is -2.54. The third-order valence-corrected chi connectivity index (χ3v) is 9.89. The van der Waals surface area contributed by atoms with Crippen molar-refractivity contribution < 1.29 is 15.0 Å². The smallest absolute Gasteiger partial charge is 0.303 e. The van der Waals surface area contributed by atoms with E-state index in [-0.39, 0.29) is 6.10 Å². The molecule has 0 amide bonds. The number of carboxylic acid groups (broad SMARTS) is 1. The fourth-order valence-corrected chi connectivity index (χ4v) is 8.63. The van der Waals surface area contributed by atoms with Gasteiger partial charge in [-0.05, 0) is 104 Å². The first-order valence-electron chi connectivity index (χ1n) is 11.2. The normalized spacial score (nSPS) is 51.8. The van der Waals surface area contributed by atoms with Crippen molar-refractivity contribution in [3.05, 3.63) is 0 Å². The fourth-order valence-electron chi connectivity index (χ4n) is 8.63. The predicted molar refractivity (Wildman–Crippen MR) is 103 cm³/mol. The molecular weight excluding hydrogens is 324 g/mol. The molecule has 5 unspecified atom stereocenters. The molecule has 4 aliphatic carbocycles. The number of fused-ring (bicyclic) bond motifs is 5. The molecule has 0 saturated heterocycles. The van der Waals surface area contributed by atoms with Crippen LogP contribution < -0.4 is 0 Å². The topological polar surface area (TPSA) is 57.5 Å². The second kappa shape index (κ2) is 6.50. The Kier molecular flexibility index (Phi) is 4.69. The van der Waals surface area contributed by atoms with Crippen molar-refractivity contribution in [1.82, 2.24) is 0 Å². The first-order valence-corrected chi connectivity index (χ1v) is 11.2. The van der Waals surface area contributed by atoms with Crippen molar-refractivity contribution in [2.45, 2.75) is 91.1 Å². The second-order valence-electron chi connectivity index (χ2n) is 10.9. The van der Waals surface area contributed by atoms with Crippen molar-refractivity contribution in [1.29, 1.82) is 0 Å². The largest absolute Gasteiger partial charge is 0.481 e. The minimum Gasteiger partial charge on any atom is -0.481 e. The quantitative estimate of drug-likeness (QED) is 0.733. The molecule has 0 aromatic carbocycles. The molecule has 9 atom stereocenters. The van der Waals surface area contributed by atoms with Gasteiger partial charge in [0.1, 0.15) is 0 Å². The number of hydrogen-bond acceptors (Lipinski definition) is 2. The number of rotatable bonds is 3. The maximum atomic E-state index is 11.3. The highest BCUT2D eigenvalue weighted by Gasteiger charge is 2.60. The molecule has 0 spiro atoms. The van der Waals surface area contributed by atoms with Crippen LogP contribution in [0.3, 0.4) is 0 Å². The van der Waals surface area contributed by atoms with Gasteiger partial charge in [-0.15, -0.1) is 0 Å². The zero-order chi connectivity index (χ0) is 18.7. The summed E-state index contributed by atoms with van der Waals surface area (Å²) in [6.07, 6.45) is 11.3. The van der Waals surface area contributed by atoms with E-state index in [1.54, 1.807) is 0 Å². The van der Waals surface area contributed by atoms with E-state index in [0.29, 0.717) is 29.1 Å². The number of aliphatic carboxylic acids is 1. The molecule has 3 nitrogen and oxygen atoms in total. The van der Waals surface area contributed by atoms with Crippen LogP contribution in [0.4, 0.5) is 0 Å². The summed E-state index contributed by atoms with van der Waals surface area (Å²) in [7, 11) is 0. The van der Waals surface area contributed by atoms with Crippen molar-refractivity contribution in [2.24, 2.45) is 46.3 Å². The van der Waals surface area contributed by atoms with Crippen LogP contribution in [0.25, 0.3) is 0 Å². The average molecular weight is 363 g/mol. The Morgan fingerprint density at radius 1 is 1.00 bits per heavy atom. The van der Waals surface area contributed by atoms with Crippen LogP contribution in [0, 0.1) is 46.3 Å². The van der Waals surface area contributed by atoms with Crippen LogP contribution in [0.5, 0.6) is 0 Å². The Morgan fingerprint density at radius 3 is 2.42 bits per heavy atom. The van der Waals surface area contributed by atoms with Crippen LogP contribution in [-0.4, -0.2) is 22.3 Å². The average Bonchev–Trinajstić information content (AvgIpc) is 2.92. The Balaban J connectivity index is 1.55. The second-order valence-corrected chi connectivity index (χ2v) is 10.9. The molecule has 0 bridgehead atoms. The molecule has 4 aliphatic rings. The Hall–Kier alpha value is -0.570. The molecule has 4 saturated carbocycles. The van der Waals surface area contributed by atoms with E-state index in [0.717, 1.165) is 36.5 Å². The van der Waals surface area contributed by atoms with Gasteiger partial charge in [0.15, 0.2) is 0 Å². The van der Waals surface area contributed by atoms with E-state index < -0.39 is 5.97 Å². The van der Waals surface area contributed by atoms with Crippen LogP contribution in [-0.2, 0) is 4.79 Å². The lowest BCUT2D eigenvalue weighted by molar-refractivity contribution is -0.141. The maximum absolute atomic E-state index is 11.3. The van der Waals surface area contributed by atoms with Gasteiger partial charge in [-0.25, -0.2) is 0 Å². The van der Waals surface area contributed by atoms with Gasteiger partial charge >= 0.3 is 5.97 Å². The number of hydrogen-bond donors (Lipinski definition) is 2. The van der Waals surface area contributed by atoms with Gasteiger partial charge in [0, 0.05) is 6.42 Å². The van der Waals surface area contributed by atoms with Crippen LogP contribution >= 0.6 is 0 Å². The highest BCUT2D eigenvalue weighted by molar-refractivity contribution is 5.67. The fraction of sp³-hybridized carbons (Fsp3) is 0.957. The minimum absolute atomic E-state index is 0.0637. The highest BCUT2D eigenvalue weighted by atomic mass is 16.4. The summed E-state index contributed by atoms with van der Waals surface area (Å²) in [5.74, 6) is 3.45. The van der Waals surface area contributed by atoms with E-state index in [1.807, 2.05) is 0 Å². The van der Waals surface area contributed by atoms with Crippen molar-refractivity contribution in [2.75, 3.05) is 0 Å². The van der Waals surface area contributed by atoms with Gasteiger partial charge < -0.3 is 10.2 Å². The lowest BCUT2D eigenvalue weighted by Gasteiger charge is -2.61. The molecule has 3 heteroatoms. The van der Waals surface area contributed by atoms with Crippen molar-refractivity contribution in [3.63, 3.8) is 0 Å². The number of aliphatic hydroxyl groups is 1. The monoisotopic (exact) mass is 362 g/mol. The van der Waals surface area contributed by atoms with Crippen molar-refractivity contribution in [3.8, 4) is 0 Å². The van der Waals surface area contributed by atoms with Gasteiger partial charge in [-0.1, -0.05) is 20.8 Å². The third-order valence-electron chi connectivity index (χ3n) is 9.89. The van der Waals surface area contributed by atoms with E-state index in [1.165, 1.54) is 44.9 Å². The standard InChI is InChI=1S/C23H38O3/c1-14(12-21(25)26)18-6-7-19-17-5-4-15-13-16(24)8-10-22(15,2)20(17)9-11-23(18,19)3/h14-20,24H,4-13H2,1-3H3,(H,25,26)/t14-,15?,16-,17?,18?,19?,20?,22+,23-/m1/s1. The van der Waals surface area contributed by atoms with Crippen LogP contribution in [0.2, 0.25) is 0 Å². The molecule has 4 fully saturated rings. The van der Waals surface area contributed by atoms with E-state index in [9.17, 15) is 15.0 Å². The van der Waals surface area contributed by atoms with Crippen LogP contribution in [0.15, 0.2) is 0 Å². The third kappa shape index (κ3) is 2.75. The minimum atomic E-state index is -0.632. The van der Waals surface area contributed by atoms with Gasteiger partial charge in [0.25, 0.3) is 0 Å². The van der Waals surface area contributed by atoms with Gasteiger partial charge in [-0.3, -0.25) is 4.79 Å². The number of carbonyl (C=O) groups is 1. The number of aliphatic hydroxyl groups excluding tert-OH is 1. The predicted octanol–water partition coefficient (Wildman–Crippen LogP) is 5.12. The summed E-state index contributed by atoms with van der Waals surface area (Å²) in [5.41, 5.74) is 0.793.